The lowest BCUT2D eigenvalue weighted by Gasteiger charge is -2.02. The predicted octanol–water partition coefficient (Wildman–Crippen LogP) is 14.7. The standard InChI is InChI=1S/C23H31ClOS.C19H23BrOS/c1-2-3-4-5-6-7-8-9-10-11-12-19-17-22(26-18-19)23(25)20-13-15-21(24)16-14-20;1-2-3-4-5-6-7-8-15-13-18(22-14-15)19(21)16-9-11-17(20)12-10-16/h13-18H,2-12H2,1H3;9-14H,2-8H2,1H3. The van der Waals surface area contributed by atoms with Crippen LogP contribution in [-0.4, -0.2) is 11.6 Å². The maximum absolute atomic E-state index is 12.5. The van der Waals surface area contributed by atoms with E-state index >= 15 is 0 Å². The molecular weight excluding hydrogens is 716 g/mol. The van der Waals surface area contributed by atoms with E-state index in [1.54, 1.807) is 46.9 Å². The van der Waals surface area contributed by atoms with Crippen LogP contribution in [0.2, 0.25) is 5.02 Å². The van der Waals surface area contributed by atoms with Crippen LogP contribution in [0.15, 0.2) is 75.9 Å². The van der Waals surface area contributed by atoms with Gasteiger partial charge in [0, 0.05) is 20.6 Å². The number of ketones is 2. The first kappa shape index (κ1) is 40.4. The number of halogens is 2. The fourth-order valence-corrected chi connectivity index (χ4v) is 7.87. The Hall–Kier alpha value is -2.05. The Labute approximate surface area is 311 Å². The minimum Gasteiger partial charge on any atom is -0.288 e. The molecule has 260 valence electrons. The zero-order valence-electron chi connectivity index (χ0n) is 29.0. The maximum Gasteiger partial charge on any atom is 0.202 e. The molecule has 2 nitrogen and oxygen atoms in total. The summed E-state index contributed by atoms with van der Waals surface area (Å²) in [5.41, 5.74) is 4.07. The average Bonchev–Trinajstić information content (AvgIpc) is 3.78. The number of hydrogen-bond acceptors (Lipinski definition) is 4. The van der Waals surface area contributed by atoms with E-state index in [0.717, 1.165) is 32.6 Å². The maximum atomic E-state index is 12.5. The van der Waals surface area contributed by atoms with Gasteiger partial charge < -0.3 is 0 Å². The van der Waals surface area contributed by atoms with Crippen LogP contribution in [0.25, 0.3) is 0 Å². The molecule has 0 unspecified atom stereocenters. The van der Waals surface area contributed by atoms with Gasteiger partial charge in [0.1, 0.15) is 0 Å². The summed E-state index contributed by atoms with van der Waals surface area (Å²) in [5.74, 6) is 0.229. The van der Waals surface area contributed by atoms with E-state index in [2.05, 4.69) is 52.7 Å². The highest BCUT2D eigenvalue weighted by Crippen LogP contribution is 2.23. The number of benzene rings is 2. The normalized spacial score (nSPS) is 10.9. The lowest BCUT2D eigenvalue weighted by Crippen LogP contribution is -1.97. The monoisotopic (exact) mass is 768 g/mol. The molecule has 0 amide bonds. The first-order valence-electron chi connectivity index (χ1n) is 18.2. The van der Waals surface area contributed by atoms with E-state index in [9.17, 15) is 9.59 Å². The van der Waals surface area contributed by atoms with Gasteiger partial charge in [0.05, 0.1) is 9.75 Å². The molecule has 4 rings (SSSR count). The third-order valence-corrected chi connectivity index (χ3v) is 11.3. The molecule has 0 fully saturated rings. The second-order valence-corrected chi connectivity index (χ2v) is 15.9. The zero-order chi connectivity index (χ0) is 34.4. The van der Waals surface area contributed by atoms with Crippen molar-refractivity contribution in [3.05, 3.63) is 113 Å². The van der Waals surface area contributed by atoms with E-state index < -0.39 is 0 Å². The summed E-state index contributed by atoms with van der Waals surface area (Å²) in [6, 6.07) is 18.9. The van der Waals surface area contributed by atoms with Crippen molar-refractivity contribution in [1.29, 1.82) is 0 Å². The summed E-state index contributed by atoms with van der Waals surface area (Å²) in [6.07, 6.45) is 23.6. The largest absolute Gasteiger partial charge is 0.288 e. The topological polar surface area (TPSA) is 34.1 Å². The van der Waals surface area contributed by atoms with Crippen LogP contribution in [0.3, 0.4) is 0 Å². The Morgan fingerprint density at radius 3 is 1.29 bits per heavy atom. The molecule has 0 atom stereocenters. The fourth-order valence-electron chi connectivity index (χ4n) is 5.66. The number of carbonyl (C=O) groups is 2. The molecule has 0 saturated heterocycles. The molecule has 2 aromatic heterocycles. The molecule has 0 aliphatic rings. The van der Waals surface area contributed by atoms with Crippen LogP contribution in [0.4, 0.5) is 0 Å². The molecule has 0 bridgehead atoms. The minimum absolute atomic E-state index is 0.0981. The Balaban J connectivity index is 0.000000264. The van der Waals surface area contributed by atoms with E-state index in [1.165, 1.54) is 114 Å². The van der Waals surface area contributed by atoms with Gasteiger partial charge in [0.2, 0.25) is 11.6 Å². The second-order valence-electron chi connectivity index (χ2n) is 12.8. The molecule has 0 spiro atoms. The molecule has 4 aromatic rings. The number of aryl methyl sites for hydroxylation is 2. The average molecular weight is 770 g/mol. The van der Waals surface area contributed by atoms with Crippen molar-refractivity contribution in [2.75, 3.05) is 0 Å². The highest BCUT2D eigenvalue weighted by molar-refractivity contribution is 9.10. The third-order valence-electron chi connectivity index (χ3n) is 8.61. The lowest BCUT2D eigenvalue weighted by molar-refractivity contribution is 0.103. The van der Waals surface area contributed by atoms with Crippen molar-refractivity contribution in [2.45, 2.75) is 129 Å². The van der Waals surface area contributed by atoms with Crippen LogP contribution in [0.5, 0.6) is 0 Å². The van der Waals surface area contributed by atoms with Gasteiger partial charge in [-0.15, -0.1) is 22.7 Å². The number of hydrogen-bond donors (Lipinski definition) is 0. The van der Waals surface area contributed by atoms with Gasteiger partial charge in [-0.2, -0.15) is 0 Å². The summed E-state index contributed by atoms with van der Waals surface area (Å²) in [6.45, 7) is 4.51. The Kier molecular flexibility index (Phi) is 20.3. The van der Waals surface area contributed by atoms with Gasteiger partial charge in [-0.1, -0.05) is 131 Å². The highest BCUT2D eigenvalue weighted by atomic mass is 79.9. The smallest absolute Gasteiger partial charge is 0.202 e. The summed E-state index contributed by atoms with van der Waals surface area (Å²) in [5, 5.41) is 4.93. The lowest BCUT2D eigenvalue weighted by atomic mass is 10.0. The van der Waals surface area contributed by atoms with E-state index in [-0.39, 0.29) is 11.6 Å². The van der Waals surface area contributed by atoms with Gasteiger partial charge in [0.15, 0.2) is 0 Å². The van der Waals surface area contributed by atoms with Crippen molar-refractivity contribution in [1.82, 2.24) is 0 Å². The molecule has 2 aromatic carbocycles. The van der Waals surface area contributed by atoms with Crippen molar-refractivity contribution in [3.8, 4) is 0 Å². The molecule has 0 N–H and O–H groups in total. The van der Waals surface area contributed by atoms with Crippen LogP contribution >= 0.6 is 50.2 Å². The highest BCUT2D eigenvalue weighted by Gasteiger charge is 2.13. The van der Waals surface area contributed by atoms with Gasteiger partial charge in [-0.05, 0) is 108 Å². The SMILES string of the molecule is CCCCCCCCCCCCc1csc(C(=O)c2ccc(Cl)cc2)c1.CCCCCCCCc1csc(C(=O)c2ccc(Br)cc2)c1. The van der Waals surface area contributed by atoms with E-state index in [4.69, 9.17) is 11.6 Å². The number of rotatable bonds is 22. The molecule has 0 saturated carbocycles. The van der Waals surface area contributed by atoms with Crippen LogP contribution in [0, 0.1) is 0 Å². The van der Waals surface area contributed by atoms with Crippen molar-refractivity contribution in [3.63, 3.8) is 0 Å². The second kappa shape index (κ2) is 24.2. The zero-order valence-corrected chi connectivity index (χ0v) is 33.0. The Morgan fingerprint density at radius 2 is 0.896 bits per heavy atom. The minimum atomic E-state index is 0.0981. The van der Waals surface area contributed by atoms with Crippen molar-refractivity contribution >= 4 is 61.8 Å². The number of thiophene rings is 2. The molecule has 0 radical (unpaired) electrons. The summed E-state index contributed by atoms with van der Waals surface area (Å²) < 4.78 is 0.999. The molecule has 48 heavy (non-hydrogen) atoms. The summed E-state index contributed by atoms with van der Waals surface area (Å²) >= 11 is 12.4. The van der Waals surface area contributed by atoms with E-state index in [0.29, 0.717) is 10.6 Å². The number of carbonyl (C=O) groups excluding carboxylic acids is 2. The fraction of sp³-hybridized carbons (Fsp3) is 0.476. The number of unbranched alkanes of at least 4 members (excludes halogenated alkanes) is 14. The third kappa shape index (κ3) is 15.7. The summed E-state index contributed by atoms with van der Waals surface area (Å²) in [7, 11) is 0. The molecule has 0 aliphatic carbocycles. The Bertz CT molecular complexity index is 1460. The summed E-state index contributed by atoms with van der Waals surface area (Å²) in [4.78, 5) is 26.6. The molecule has 2 heterocycles. The van der Waals surface area contributed by atoms with Crippen molar-refractivity contribution in [2.24, 2.45) is 0 Å². The van der Waals surface area contributed by atoms with Gasteiger partial charge in [0.25, 0.3) is 0 Å². The first-order valence-corrected chi connectivity index (χ1v) is 21.1. The van der Waals surface area contributed by atoms with Gasteiger partial charge in [-0.25, -0.2) is 0 Å². The first-order chi connectivity index (χ1) is 23.4. The van der Waals surface area contributed by atoms with Gasteiger partial charge >= 0.3 is 0 Å². The quantitative estimate of drug-likeness (QED) is 0.0589. The van der Waals surface area contributed by atoms with E-state index in [1.807, 2.05) is 24.3 Å². The van der Waals surface area contributed by atoms with Crippen LogP contribution in [0.1, 0.15) is 158 Å². The van der Waals surface area contributed by atoms with Crippen LogP contribution < -0.4 is 0 Å². The molecule has 0 aliphatic heterocycles. The molecular formula is C42H54BrClO2S2. The van der Waals surface area contributed by atoms with Gasteiger partial charge in [-0.3, -0.25) is 9.59 Å². The predicted molar refractivity (Wildman–Crippen MR) is 214 cm³/mol. The van der Waals surface area contributed by atoms with Crippen LogP contribution in [-0.2, 0) is 12.8 Å². The molecule has 6 heteroatoms. The van der Waals surface area contributed by atoms with Crippen molar-refractivity contribution < 1.29 is 9.59 Å². The Morgan fingerprint density at radius 1 is 0.542 bits per heavy atom.